The number of carbonyl (C=O) groups is 1. The Morgan fingerprint density at radius 3 is 2.71 bits per heavy atom. The molecule has 0 aliphatic heterocycles. The third-order valence-electron chi connectivity index (χ3n) is 2.51. The van der Waals surface area contributed by atoms with E-state index < -0.39 is 0 Å². The van der Waals surface area contributed by atoms with Gasteiger partial charge in [0, 0.05) is 18.7 Å². The van der Waals surface area contributed by atoms with Crippen molar-refractivity contribution in [1.29, 1.82) is 0 Å². The van der Waals surface area contributed by atoms with Gasteiger partial charge in [-0.2, -0.15) is 9.61 Å². The number of aromatic nitrogens is 3. The zero-order valence-electron chi connectivity index (χ0n) is 10.5. The Bertz CT molecular complexity index is 565. The molecule has 2 aromatic heterocycles. The maximum atomic E-state index is 11.1. The lowest BCUT2D eigenvalue weighted by molar-refractivity contribution is -0.114. The topological polar surface area (TPSA) is 59.3 Å². The predicted molar refractivity (Wildman–Crippen MR) is 66.0 cm³/mol. The Morgan fingerprint density at radius 2 is 2.12 bits per heavy atom. The molecule has 0 aliphatic carbocycles. The second-order valence-electron chi connectivity index (χ2n) is 5.05. The minimum Gasteiger partial charge on any atom is -0.311 e. The molecular weight excluding hydrogens is 216 g/mol. The number of carbonyl (C=O) groups excluding carboxylic acids is 1. The Kier molecular flexibility index (Phi) is 2.61. The summed E-state index contributed by atoms with van der Waals surface area (Å²) in [5.41, 5.74) is 1.82. The summed E-state index contributed by atoms with van der Waals surface area (Å²) in [4.78, 5) is 15.4. The van der Waals surface area contributed by atoms with Gasteiger partial charge in [0.2, 0.25) is 5.91 Å². The van der Waals surface area contributed by atoms with Gasteiger partial charge in [-0.05, 0) is 11.5 Å². The summed E-state index contributed by atoms with van der Waals surface area (Å²) in [6.45, 7) is 7.80. The molecule has 0 aromatic carbocycles. The van der Waals surface area contributed by atoms with E-state index >= 15 is 0 Å². The number of nitrogens with one attached hydrogen (secondary N) is 1. The average Bonchev–Trinajstić information content (AvgIpc) is 2.60. The van der Waals surface area contributed by atoms with Crippen LogP contribution in [0, 0.1) is 0 Å². The summed E-state index contributed by atoms with van der Waals surface area (Å²) < 4.78 is 1.65. The van der Waals surface area contributed by atoms with Crippen LogP contribution < -0.4 is 5.32 Å². The highest BCUT2D eigenvalue weighted by molar-refractivity contribution is 5.88. The lowest BCUT2D eigenvalue weighted by Gasteiger charge is -2.16. The minimum absolute atomic E-state index is 0.0242. The lowest BCUT2D eigenvalue weighted by atomic mass is 9.89. The number of rotatable bonds is 1. The van der Waals surface area contributed by atoms with Crippen LogP contribution in [0.25, 0.3) is 5.65 Å². The molecule has 0 unspecified atom stereocenters. The maximum absolute atomic E-state index is 11.1. The van der Waals surface area contributed by atoms with E-state index in [0.29, 0.717) is 5.82 Å². The zero-order valence-corrected chi connectivity index (χ0v) is 10.5. The summed E-state index contributed by atoms with van der Waals surface area (Å²) in [6, 6.07) is 1.73. The fraction of sp³-hybridized carbons (Fsp3) is 0.417. The highest BCUT2D eigenvalue weighted by Crippen LogP contribution is 2.26. The second kappa shape index (κ2) is 3.84. The molecule has 5 heteroatoms. The van der Waals surface area contributed by atoms with Crippen LogP contribution in [-0.2, 0) is 10.2 Å². The van der Waals surface area contributed by atoms with Gasteiger partial charge in [-0.15, -0.1) is 0 Å². The van der Waals surface area contributed by atoms with Gasteiger partial charge in [-0.3, -0.25) is 4.79 Å². The maximum Gasteiger partial charge on any atom is 0.222 e. The average molecular weight is 232 g/mol. The van der Waals surface area contributed by atoms with E-state index in [-0.39, 0.29) is 11.3 Å². The molecular formula is C12H16N4O. The monoisotopic (exact) mass is 232 g/mol. The second-order valence-corrected chi connectivity index (χ2v) is 5.05. The van der Waals surface area contributed by atoms with Crippen LogP contribution >= 0.6 is 0 Å². The van der Waals surface area contributed by atoms with Gasteiger partial charge >= 0.3 is 0 Å². The van der Waals surface area contributed by atoms with Crippen molar-refractivity contribution < 1.29 is 4.79 Å². The van der Waals surface area contributed by atoms with E-state index in [1.54, 1.807) is 23.0 Å². The number of amides is 1. The van der Waals surface area contributed by atoms with Crippen molar-refractivity contribution in [2.45, 2.75) is 33.1 Å². The molecule has 5 nitrogen and oxygen atoms in total. The van der Waals surface area contributed by atoms with E-state index in [0.717, 1.165) is 11.2 Å². The summed E-state index contributed by atoms with van der Waals surface area (Å²) in [5.74, 6) is 0.517. The SMILES string of the molecule is CC(=O)Nc1ccnc2c(C(C)(C)C)cnn12. The fourth-order valence-electron chi connectivity index (χ4n) is 1.70. The first-order valence-corrected chi connectivity index (χ1v) is 5.50. The van der Waals surface area contributed by atoms with Crippen LogP contribution in [-0.4, -0.2) is 20.5 Å². The molecule has 2 aromatic rings. The van der Waals surface area contributed by atoms with Crippen LogP contribution in [0.15, 0.2) is 18.5 Å². The third kappa shape index (κ3) is 2.13. The summed E-state index contributed by atoms with van der Waals surface area (Å²) in [7, 11) is 0. The van der Waals surface area contributed by atoms with Gasteiger partial charge in [0.05, 0.1) is 6.20 Å². The standard InChI is InChI=1S/C12H16N4O/c1-8(17)15-10-5-6-13-11-9(12(2,3)4)7-14-16(10)11/h5-7H,1-4H3,(H,15,17). The van der Waals surface area contributed by atoms with Crippen LogP contribution in [0.1, 0.15) is 33.3 Å². The molecule has 0 spiro atoms. The molecule has 0 fully saturated rings. The van der Waals surface area contributed by atoms with Gasteiger partial charge in [0.25, 0.3) is 0 Å². The van der Waals surface area contributed by atoms with Crippen molar-refractivity contribution in [3.8, 4) is 0 Å². The number of fused-ring (bicyclic) bond motifs is 1. The molecule has 2 heterocycles. The van der Waals surface area contributed by atoms with Gasteiger partial charge in [-0.1, -0.05) is 20.8 Å². The van der Waals surface area contributed by atoms with Gasteiger partial charge in [-0.25, -0.2) is 4.98 Å². The van der Waals surface area contributed by atoms with Crippen LogP contribution in [0.2, 0.25) is 0 Å². The Labute approximate surface area is 99.9 Å². The molecule has 2 rings (SSSR count). The third-order valence-corrected chi connectivity index (χ3v) is 2.51. The van der Waals surface area contributed by atoms with Crippen molar-refractivity contribution in [1.82, 2.24) is 14.6 Å². The molecule has 90 valence electrons. The molecule has 1 N–H and O–H groups in total. The van der Waals surface area contributed by atoms with E-state index in [4.69, 9.17) is 0 Å². The van der Waals surface area contributed by atoms with Gasteiger partial charge in [0.1, 0.15) is 5.82 Å². The molecule has 0 radical (unpaired) electrons. The molecule has 0 aliphatic rings. The number of hydrogen-bond donors (Lipinski definition) is 1. The fourth-order valence-corrected chi connectivity index (χ4v) is 1.70. The highest BCUT2D eigenvalue weighted by Gasteiger charge is 2.20. The first-order chi connectivity index (χ1) is 7.89. The first kappa shape index (κ1) is 11.6. The molecule has 0 bridgehead atoms. The van der Waals surface area contributed by atoms with E-state index in [2.05, 4.69) is 36.2 Å². The van der Waals surface area contributed by atoms with E-state index in [1.165, 1.54) is 6.92 Å². The first-order valence-electron chi connectivity index (χ1n) is 5.50. The number of anilines is 1. The summed E-state index contributed by atoms with van der Waals surface area (Å²) in [6.07, 6.45) is 3.48. The number of nitrogens with zero attached hydrogens (tertiary/aromatic N) is 3. The van der Waals surface area contributed by atoms with Gasteiger partial charge < -0.3 is 5.32 Å². The highest BCUT2D eigenvalue weighted by atomic mass is 16.1. The largest absolute Gasteiger partial charge is 0.311 e. The van der Waals surface area contributed by atoms with Crippen molar-refractivity contribution in [2.24, 2.45) is 0 Å². The van der Waals surface area contributed by atoms with Crippen LogP contribution in [0.4, 0.5) is 5.82 Å². The quantitative estimate of drug-likeness (QED) is 0.818. The molecule has 1 amide bonds. The Hall–Kier alpha value is -1.91. The molecule has 0 saturated carbocycles. The number of hydrogen-bond acceptors (Lipinski definition) is 3. The van der Waals surface area contributed by atoms with E-state index in [1.807, 2.05) is 0 Å². The van der Waals surface area contributed by atoms with Crippen molar-refractivity contribution in [3.63, 3.8) is 0 Å². The summed E-state index contributed by atoms with van der Waals surface area (Å²) >= 11 is 0. The van der Waals surface area contributed by atoms with Crippen molar-refractivity contribution >= 4 is 17.4 Å². The smallest absolute Gasteiger partial charge is 0.222 e. The summed E-state index contributed by atoms with van der Waals surface area (Å²) in [5, 5.41) is 7.01. The molecule has 17 heavy (non-hydrogen) atoms. The van der Waals surface area contributed by atoms with Crippen LogP contribution in [0.3, 0.4) is 0 Å². The zero-order chi connectivity index (χ0) is 12.6. The van der Waals surface area contributed by atoms with Gasteiger partial charge in [0.15, 0.2) is 5.65 Å². The van der Waals surface area contributed by atoms with Crippen molar-refractivity contribution in [2.75, 3.05) is 5.32 Å². The Balaban J connectivity index is 2.61. The molecule has 0 atom stereocenters. The molecule has 0 saturated heterocycles. The lowest BCUT2D eigenvalue weighted by Crippen LogP contribution is -2.13. The minimum atomic E-state index is -0.120. The van der Waals surface area contributed by atoms with E-state index in [9.17, 15) is 4.79 Å². The van der Waals surface area contributed by atoms with Crippen molar-refractivity contribution in [3.05, 3.63) is 24.0 Å². The predicted octanol–water partition coefficient (Wildman–Crippen LogP) is 1.99. The Morgan fingerprint density at radius 1 is 1.41 bits per heavy atom. The van der Waals surface area contributed by atoms with Crippen LogP contribution in [0.5, 0.6) is 0 Å². The normalized spacial score (nSPS) is 11.8.